The first kappa shape index (κ1) is 22.4. The number of methoxy groups -OCH3 is 1. The Hall–Kier alpha value is -3.82. The summed E-state index contributed by atoms with van der Waals surface area (Å²) in [6.45, 7) is 1.24. The highest BCUT2D eigenvalue weighted by Gasteiger charge is 2.48. The lowest BCUT2D eigenvalue weighted by Crippen LogP contribution is -2.31. The normalized spacial score (nSPS) is 21.8. The number of H-pyrrole nitrogens is 1. The van der Waals surface area contributed by atoms with E-state index in [1.54, 1.807) is 19.4 Å². The third-order valence-corrected chi connectivity index (χ3v) is 7.47. The number of amides is 1. The number of ether oxygens (including phenoxy) is 3. The van der Waals surface area contributed by atoms with Crippen LogP contribution in [-0.4, -0.2) is 53.3 Å². The van der Waals surface area contributed by atoms with Crippen LogP contribution in [0.4, 0.5) is 11.4 Å². The zero-order valence-corrected chi connectivity index (χ0v) is 20.8. The summed E-state index contributed by atoms with van der Waals surface area (Å²) in [4.78, 5) is 26.1. The number of halogens is 1. The van der Waals surface area contributed by atoms with Gasteiger partial charge in [-0.3, -0.25) is 9.78 Å². The molecule has 188 valence electrons. The molecule has 1 saturated heterocycles. The van der Waals surface area contributed by atoms with Crippen molar-refractivity contribution in [2.75, 3.05) is 25.6 Å². The molecule has 10 heteroatoms. The number of rotatable bonds is 6. The number of para-hydroxylation sites is 1. The number of aromatic amines is 1. The average Bonchev–Trinajstić information content (AvgIpc) is 3.30. The number of aromatic nitrogens is 3. The van der Waals surface area contributed by atoms with Gasteiger partial charge in [-0.05, 0) is 30.7 Å². The molecule has 1 amide bonds. The molecule has 37 heavy (non-hydrogen) atoms. The Bertz CT molecular complexity index is 1550. The molecule has 1 saturated carbocycles. The van der Waals surface area contributed by atoms with Crippen molar-refractivity contribution in [1.82, 2.24) is 20.3 Å². The fourth-order valence-corrected chi connectivity index (χ4v) is 5.53. The van der Waals surface area contributed by atoms with Gasteiger partial charge in [0.25, 0.3) is 5.91 Å². The third kappa shape index (κ3) is 3.77. The molecule has 3 aromatic heterocycles. The van der Waals surface area contributed by atoms with Crippen LogP contribution in [0, 0.1) is 0 Å². The molecule has 2 aliphatic heterocycles. The SMILES string of the molecule is COc1c(Cl)cccc1Nc1c(-c2ccnc3ccc(O[C@@H]4CCOC4)nc23)[nH]c2c1C(=O)N[C@H]1C[C@@H]21. The van der Waals surface area contributed by atoms with Crippen LogP contribution in [0.15, 0.2) is 42.6 Å². The van der Waals surface area contributed by atoms with Crippen LogP contribution in [0.2, 0.25) is 5.02 Å². The lowest BCUT2D eigenvalue weighted by molar-refractivity contribution is 0.0944. The molecule has 7 rings (SSSR count). The Morgan fingerprint density at radius 2 is 2.14 bits per heavy atom. The van der Waals surface area contributed by atoms with E-state index >= 15 is 0 Å². The topological polar surface area (TPSA) is 110 Å². The molecule has 0 spiro atoms. The first-order chi connectivity index (χ1) is 18.1. The van der Waals surface area contributed by atoms with Crippen molar-refractivity contribution < 1.29 is 19.0 Å². The van der Waals surface area contributed by atoms with Crippen molar-refractivity contribution >= 4 is 39.9 Å². The maximum Gasteiger partial charge on any atom is 0.255 e. The van der Waals surface area contributed by atoms with E-state index in [1.165, 1.54) is 0 Å². The second-order valence-electron chi connectivity index (χ2n) is 9.51. The van der Waals surface area contributed by atoms with Gasteiger partial charge >= 0.3 is 0 Å². The largest absolute Gasteiger partial charge is 0.493 e. The minimum absolute atomic E-state index is 0.0223. The molecule has 3 atom stereocenters. The van der Waals surface area contributed by atoms with E-state index in [4.69, 9.17) is 30.8 Å². The second-order valence-corrected chi connectivity index (χ2v) is 9.92. The minimum Gasteiger partial charge on any atom is -0.493 e. The van der Waals surface area contributed by atoms with Gasteiger partial charge < -0.3 is 29.8 Å². The molecule has 0 unspecified atom stereocenters. The summed E-state index contributed by atoms with van der Waals surface area (Å²) in [5.41, 5.74) is 5.76. The predicted octanol–water partition coefficient (Wildman–Crippen LogP) is 4.80. The lowest BCUT2D eigenvalue weighted by atomic mass is 10.0. The van der Waals surface area contributed by atoms with E-state index in [1.807, 2.05) is 30.3 Å². The van der Waals surface area contributed by atoms with Gasteiger partial charge in [0.1, 0.15) is 11.6 Å². The summed E-state index contributed by atoms with van der Waals surface area (Å²) < 4.78 is 17.1. The number of benzene rings is 1. The number of hydrogen-bond donors (Lipinski definition) is 3. The Labute approximate surface area is 217 Å². The number of carbonyl (C=O) groups excluding carboxylic acids is 1. The van der Waals surface area contributed by atoms with Crippen LogP contribution in [0.1, 0.15) is 34.8 Å². The first-order valence-electron chi connectivity index (χ1n) is 12.3. The maximum absolute atomic E-state index is 13.2. The molecule has 1 aromatic carbocycles. The highest BCUT2D eigenvalue weighted by molar-refractivity contribution is 6.32. The highest BCUT2D eigenvalue weighted by atomic mass is 35.5. The molecular weight excluding hydrogens is 494 g/mol. The van der Waals surface area contributed by atoms with Crippen molar-refractivity contribution in [2.45, 2.75) is 30.9 Å². The number of fused-ring (bicyclic) bond motifs is 4. The van der Waals surface area contributed by atoms with Crippen molar-refractivity contribution in [2.24, 2.45) is 0 Å². The zero-order valence-electron chi connectivity index (χ0n) is 20.0. The van der Waals surface area contributed by atoms with Crippen LogP contribution < -0.4 is 20.1 Å². The third-order valence-electron chi connectivity index (χ3n) is 7.17. The number of carbonyl (C=O) groups is 1. The summed E-state index contributed by atoms with van der Waals surface area (Å²) in [5, 5.41) is 7.03. The van der Waals surface area contributed by atoms with Gasteiger partial charge in [0.05, 0.1) is 53.5 Å². The molecule has 5 heterocycles. The fourth-order valence-electron chi connectivity index (χ4n) is 5.28. The molecule has 1 aliphatic carbocycles. The van der Waals surface area contributed by atoms with E-state index in [9.17, 15) is 4.79 Å². The molecule has 9 nitrogen and oxygen atoms in total. The van der Waals surface area contributed by atoms with Crippen molar-refractivity contribution in [3.63, 3.8) is 0 Å². The molecule has 3 N–H and O–H groups in total. The molecule has 4 aromatic rings. The van der Waals surface area contributed by atoms with Gasteiger partial charge in [0.15, 0.2) is 5.75 Å². The quantitative estimate of drug-likeness (QED) is 0.337. The average molecular weight is 518 g/mol. The van der Waals surface area contributed by atoms with Crippen molar-refractivity contribution in [3.8, 4) is 22.9 Å². The van der Waals surface area contributed by atoms with Crippen LogP contribution in [0.3, 0.4) is 0 Å². The summed E-state index contributed by atoms with van der Waals surface area (Å²) in [7, 11) is 1.57. The van der Waals surface area contributed by atoms with Crippen LogP contribution in [0.25, 0.3) is 22.3 Å². The summed E-state index contributed by atoms with van der Waals surface area (Å²) in [6, 6.07) is 11.3. The summed E-state index contributed by atoms with van der Waals surface area (Å²) in [6.07, 6.45) is 3.46. The monoisotopic (exact) mass is 517 g/mol. The second kappa shape index (κ2) is 8.64. The number of nitrogens with zero attached hydrogens (tertiary/aromatic N) is 2. The minimum atomic E-state index is -0.115. The summed E-state index contributed by atoms with van der Waals surface area (Å²) >= 11 is 6.40. The molecular formula is C27H24ClN5O4. The molecule has 2 fully saturated rings. The lowest BCUT2D eigenvalue weighted by Gasteiger charge is -2.17. The van der Waals surface area contributed by atoms with Gasteiger partial charge in [-0.25, -0.2) is 4.98 Å². The Morgan fingerprint density at radius 1 is 1.22 bits per heavy atom. The number of pyridine rings is 2. The van der Waals surface area contributed by atoms with Gasteiger partial charge in [-0.2, -0.15) is 0 Å². The van der Waals surface area contributed by atoms with E-state index in [0.717, 1.165) is 35.3 Å². The number of anilines is 2. The van der Waals surface area contributed by atoms with Gasteiger partial charge in [0.2, 0.25) is 5.88 Å². The highest BCUT2D eigenvalue weighted by Crippen LogP contribution is 2.51. The van der Waals surface area contributed by atoms with Crippen LogP contribution >= 0.6 is 11.6 Å². The van der Waals surface area contributed by atoms with Gasteiger partial charge in [0, 0.05) is 41.9 Å². The summed E-state index contributed by atoms with van der Waals surface area (Å²) in [5.74, 6) is 1.15. The maximum atomic E-state index is 13.2. The van der Waals surface area contributed by atoms with Crippen LogP contribution in [-0.2, 0) is 4.74 Å². The zero-order chi connectivity index (χ0) is 25.1. The van der Waals surface area contributed by atoms with E-state index in [0.29, 0.717) is 52.3 Å². The Kier molecular flexibility index (Phi) is 5.23. The smallest absolute Gasteiger partial charge is 0.255 e. The Balaban J connectivity index is 1.39. The van der Waals surface area contributed by atoms with Gasteiger partial charge in [-0.1, -0.05) is 17.7 Å². The molecule has 0 radical (unpaired) electrons. The first-order valence-corrected chi connectivity index (χ1v) is 12.7. The number of hydrogen-bond acceptors (Lipinski definition) is 7. The van der Waals surface area contributed by atoms with Crippen LogP contribution in [0.5, 0.6) is 11.6 Å². The van der Waals surface area contributed by atoms with Gasteiger partial charge in [-0.15, -0.1) is 0 Å². The molecule has 0 bridgehead atoms. The van der Waals surface area contributed by atoms with E-state index in [2.05, 4.69) is 20.6 Å². The van der Waals surface area contributed by atoms with Crippen molar-refractivity contribution in [1.29, 1.82) is 0 Å². The predicted molar refractivity (Wildman–Crippen MR) is 139 cm³/mol. The number of nitrogens with one attached hydrogen (secondary N) is 3. The van der Waals surface area contributed by atoms with E-state index in [-0.39, 0.29) is 24.0 Å². The fraction of sp³-hybridized carbons (Fsp3) is 0.296. The standard InChI is InChI=1S/C27H24ClN5O4/c1-35-26-16(28)3-2-4-18(26)30-25-21-23(15-11-19(15)31-27(21)34)33-24(25)14-7-9-29-17-5-6-20(32-22(14)17)37-13-8-10-36-12-13/h2-7,9,13,15,19,30,33H,8,10-12H2,1H3,(H,31,34)/t13-,15-,19+/m1/s1. The van der Waals surface area contributed by atoms with Crippen molar-refractivity contribution in [3.05, 3.63) is 58.9 Å². The Morgan fingerprint density at radius 3 is 2.97 bits per heavy atom. The molecule has 3 aliphatic rings. The van der Waals surface area contributed by atoms with E-state index < -0.39 is 0 Å².